The lowest BCUT2D eigenvalue weighted by Crippen LogP contribution is -2.44. The minimum Gasteiger partial charge on any atom is -0.416 e. The van der Waals surface area contributed by atoms with Gasteiger partial charge in [-0.05, 0) is 37.0 Å². The summed E-state index contributed by atoms with van der Waals surface area (Å²) in [6.07, 6.45) is 0.257. The number of rotatable bonds is 6. The van der Waals surface area contributed by atoms with Gasteiger partial charge in [-0.3, -0.25) is 4.68 Å². The number of likely N-dealkylation sites (tertiary alicyclic amines) is 1. The smallest absolute Gasteiger partial charge is 0.416 e. The number of piperidine rings is 1. The summed E-state index contributed by atoms with van der Waals surface area (Å²) in [6, 6.07) is 2.51. The van der Waals surface area contributed by atoms with Crippen molar-refractivity contribution in [2.24, 2.45) is 0 Å². The van der Waals surface area contributed by atoms with Crippen molar-refractivity contribution in [1.29, 1.82) is 5.26 Å². The maximum Gasteiger partial charge on any atom is 0.417 e. The van der Waals surface area contributed by atoms with E-state index in [4.69, 9.17) is 21.3 Å². The summed E-state index contributed by atoms with van der Waals surface area (Å²) in [5.41, 5.74) is -1.29. The molecule has 6 nitrogen and oxygen atoms in total. The first-order valence-corrected chi connectivity index (χ1v) is 14.6. The van der Waals surface area contributed by atoms with Crippen molar-refractivity contribution in [3.63, 3.8) is 0 Å². The molecule has 0 unspecified atom stereocenters. The molecule has 3 heterocycles. The molecule has 11 heteroatoms. The molecular formula is C23H31ClF3N5OSi. The lowest BCUT2D eigenvalue weighted by atomic mass is 10.1. The molecule has 1 saturated heterocycles. The Labute approximate surface area is 204 Å². The van der Waals surface area contributed by atoms with E-state index in [1.165, 1.54) is 12.3 Å². The van der Waals surface area contributed by atoms with Crippen LogP contribution in [0.1, 0.15) is 50.8 Å². The Morgan fingerprint density at radius 3 is 2.44 bits per heavy atom. The predicted octanol–water partition coefficient (Wildman–Crippen LogP) is 6.15. The molecule has 2 aromatic rings. The molecular weight excluding hydrogens is 483 g/mol. The summed E-state index contributed by atoms with van der Waals surface area (Å²) in [5.74, 6) is 0. The van der Waals surface area contributed by atoms with Crippen LogP contribution in [0.3, 0.4) is 0 Å². The highest BCUT2D eigenvalue weighted by atomic mass is 35.5. The molecule has 0 aliphatic carbocycles. The van der Waals surface area contributed by atoms with Crippen LogP contribution in [-0.4, -0.2) is 54.2 Å². The molecule has 0 radical (unpaired) electrons. The molecule has 186 valence electrons. The highest BCUT2D eigenvalue weighted by molar-refractivity contribution is 6.74. The van der Waals surface area contributed by atoms with Gasteiger partial charge in [-0.15, -0.1) is 0 Å². The van der Waals surface area contributed by atoms with Crippen LogP contribution in [0.15, 0.2) is 18.5 Å². The number of nitrogens with zero attached hydrogens (tertiary/aromatic N) is 5. The average molecular weight is 514 g/mol. The Bertz CT molecular complexity index is 1050. The number of alkyl halides is 3. The maximum absolute atomic E-state index is 13.4. The van der Waals surface area contributed by atoms with Gasteiger partial charge in [0, 0.05) is 38.0 Å². The standard InChI is InChI=1S/C23H31ClF3N5OSi/c1-22(2,3)34(4,5)33-11-10-31-8-6-17(7-9-31)32-15-16(14-29-32)20-12-19(23(25,26)27)18(13-28)21(24)30-20/h12,14-15,17H,6-11H2,1-5H3. The SMILES string of the molecule is CC(C)(C)[Si](C)(C)OCCN1CCC(n2cc(-c3cc(C(F)(F)F)c(C#N)c(Cl)n3)cn2)CC1. The minimum atomic E-state index is -4.70. The number of hydrogen-bond donors (Lipinski definition) is 0. The molecule has 0 atom stereocenters. The molecule has 0 aromatic carbocycles. The minimum absolute atomic E-state index is 0.0442. The highest BCUT2D eigenvalue weighted by Crippen LogP contribution is 2.38. The van der Waals surface area contributed by atoms with Gasteiger partial charge in [0.1, 0.15) is 16.8 Å². The second-order valence-corrected chi connectivity index (χ2v) is 15.4. The molecule has 0 amide bonds. The molecule has 0 N–H and O–H groups in total. The van der Waals surface area contributed by atoms with Gasteiger partial charge < -0.3 is 9.33 Å². The van der Waals surface area contributed by atoms with Gasteiger partial charge in [-0.2, -0.15) is 23.5 Å². The quantitative estimate of drug-likeness (QED) is 0.342. The molecule has 1 aliphatic rings. The van der Waals surface area contributed by atoms with Crippen molar-refractivity contribution >= 4 is 19.9 Å². The van der Waals surface area contributed by atoms with Crippen LogP contribution in [0.4, 0.5) is 13.2 Å². The lowest BCUT2D eigenvalue weighted by molar-refractivity contribution is -0.137. The predicted molar refractivity (Wildman–Crippen MR) is 128 cm³/mol. The number of nitriles is 1. The monoisotopic (exact) mass is 513 g/mol. The number of pyridine rings is 1. The van der Waals surface area contributed by atoms with Crippen LogP contribution in [-0.2, 0) is 10.6 Å². The fourth-order valence-electron chi connectivity index (χ4n) is 3.72. The molecule has 34 heavy (non-hydrogen) atoms. The van der Waals surface area contributed by atoms with Crippen molar-refractivity contribution in [1.82, 2.24) is 19.7 Å². The number of halogens is 4. The normalized spacial score (nSPS) is 16.6. The van der Waals surface area contributed by atoms with Crippen LogP contribution < -0.4 is 0 Å². The molecule has 3 rings (SSSR count). The van der Waals surface area contributed by atoms with Crippen molar-refractivity contribution in [3.8, 4) is 17.3 Å². The Hall–Kier alpha value is -1.93. The zero-order valence-corrected chi connectivity index (χ0v) is 22.0. The third kappa shape index (κ3) is 6.00. The van der Waals surface area contributed by atoms with Gasteiger partial charge in [0.05, 0.1) is 23.5 Å². The summed E-state index contributed by atoms with van der Waals surface area (Å²) < 4.78 is 48.2. The van der Waals surface area contributed by atoms with E-state index in [1.54, 1.807) is 10.9 Å². The first-order valence-electron chi connectivity index (χ1n) is 11.3. The van der Waals surface area contributed by atoms with Crippen LogP contribution in [0.5, 0.6) is 0 Å². The van der Waals surface area contributed by atoms with Crippen LogP contribution >= 0.6 is 11.6 Å². The summed E-state index contributed by atoms with van der Waals surface area (Å²) in [7, 11) is -1.76. The number of hydrogen-bond acceptors (Lipinski definition) is 5. The van der Waals surface area contributed by atoms with Gasteiger partial charge in [-0.1, -0.05) is 32.4 Å². The molecule has 0 spiro atoms. The maximum atomic E-state index is 13.4. The summed E-state index contributed by atoms with van der Waals surface area (Å²) in [4.78, 5) is 6.38. The summed E-state index contributed by atoms with van der Waals surface area (Å²) in [6.45, 7) is 14.6. The van der Waals surface area contributed by atoms with E-state index in [0.29, 0.717) is 5.56 Å². The second kappa shape index (κ2) is 9.97. The van der Waals surface area contributed by atoms with E-state index < -0.39 is 30.8 Å². The van der Waals surface area contributed by atoms with Crippen LogP contribution in [0.2, 0.25) is 23.3 Å². The van der Waals surface area contributed by atoms with Crippen molar-refractivity contribution in [2.45, 2.75) is 64.0 Å². The van der Waals surface area contributed by atoms with E-state index in [9.17, 15) is 13.2 Å². The third-order valence-corrected chi connectivity index (χ3v) is 11.7. The van der Waals surface area contributed by atoms with Gasteiger partial charge >= 0.3 is 6.18 Å². The largest absolute Gasteiger partial charge is 0.417 e. The molecule has 0 saturated carbocycles. The Kier molecular flexibility index (Phi) is 7.82. The lowest BCUT2D eigenvalue weighted by Gasteiger charge is -2.37. The third-order valence-electron chi connectivity index (χ3n) is 6.90. The van der Waals surface area contributed by atoms with E-state index in [-0.39, 0.29) is 16.8 Å². The average Bonchev–Trinajstić information content (AvgIpc) is 3.22. The highest BCUT2D eigenvalue weighted by Gasteiger charge is 2.37. The van der Waals surface area contributed by atoms with Gasteiger partial charge in [0.15, 0.2) is 8.32 Å². The summed E-state index contributed by atoms with van der Waals surface area (Å²) in [5, 5.41) is 13.1. The van der Waals surface area contributed by atoms with Gasteiger partial charge in [0.25, 0.3) is 0 Å². The Morgan fingerprint density at radius 1 is 1.24 bits per heavy atom. The first kappa shape index (κ1) is 26.7. The molecule has 1 fully saturated rings. The zero-order valence-electron chi connectivity index (χ0n) is 20.2. The first-order chi connectivity index (χ1) is 15.7. The van der Waals surface area contributed by atoms with Crippen molar-refractivity contribution in [3.05, 3.63) is 34.7 Å². The molecule has 0 bridgehead atoms. The van der Waals surface area contributed by atoms with E-state index >= 15 is 0 Å². The molecule has 2 aromatic heterocycles. The zero-order chi connectivity index (χ0) is 25.3. The topological polar surface area (TPSA) is 67.0 Å². The fourth-order valence-corrected chi connectivity index (χ4v) is 4.99. The van der Waals surface area contributed by atoms with Crippen LogP contribution in [0.25, 0.3) is 11.3 Å². The van der Waals surface area contributed by atoms with Gasteiger partial charge in [0.2, 0.25) is 0 Å². The summed E-state index contributed by atoms with van der Waals surface area (Å²) >= 11 is 5.88. The van der Waals surface area contributed by atoms with Crippen molar-refractivity contribution in [2.75, 3.05) is 26.2 Å². The van der Waals surface area contributed by atoms with Crippen LogP contribution in [0, 0.1) is 11.3 Å². The van der Waals surface area contributed by atoms with E-state index in [1.807, 2.05) is 0 Å². The number of aromatic nitrogens is 3. The van der Waals surface area contributed by atoms with Crippen molar-refractivity contribution < 1.29 is 17.6 Å². The van der Waals surface area contributed by atoms with Gasteiger partial charge in [-0.25, -0.2) is 4.98 Å². The Balaban J connectivity index is 1.62. The van der Waals surface area contributed by atoms with E-state index in [2.05, 4.69) is 48.8 Å². The molecule has 1 aliphatic heterocycles. The Morgan fingerprint density at radius 2 is 1.88 bits per heavy atom. The fraction of sp³-hybridized carbons (Fsp3) is 0.609. The second-order valence-electron chi connectivity index (χ2n) is 10.2. The van der Waals surface area contributed by atoms with E-state index in [0.717, 1.165) is 45.1 Å².